The molecule has 5 aromatic rings. The summed E-state index contributed by atoms with van der Waals surface area (Å²) in [6, 6.07) is 13.7. The van der Waals surface area contributed by atoms with Crippen molar-refractivity contribution in [2.45, 2.75) is 19.9 Å². The van der Waals surface area contributed by atoms with Crippen molar-refractivity contribution < 1.29 is 0 Å². The second-order valence-corrected chi connectivity index (χ2v) is 12.6. The van der Waals surface area contributed by atoms with Crippen LogP contribution in [0.5, 0.6) is 0 Å². The standard InChI is InChI=1S/C23H15Br4NS2/c1-11(2)28-20-9-14(22-16(24)3-5-29-22)18(26)7-12(20)13-8-19(27)15(10-21(13)28)23-17(25)4-6-30-23/h3-11H,1-2H3. The number of hydrogen-bond donors (Lipinski definition) is 0. The third-order valence-electron chi connectivity index (χ3n) is 5.22. The molecule has 0 radical (unpaired) electrons. The van der Waals surface area contributed by atoms with Crippen LogP contribution in [0.1, 0.15) is 19.9 Å². The van der Waals surface area contributed by atoms with Gasteiger partial charge in [0.15, 0.2) is 0 Å². The highest BCUT2D eigenvalue weighted by Crippen LogP contribution is 2.45. The van der Waals surface area contributed by atoms with Crippen molar-refractivity contribution >= 4 is 108 Å². The smallest absolute Gasteiger partial charge is 0.0501 e. The zero-order valence-corrected chi connectivity index (χ0v) is 23.9. The van der Waals surface area contributed by atoms with Gasteiger partial charge in [-0.3, -0.25) is 0 Å². The van der Waals surface area contributed by atoms with Crippen LogP contribution in [-0.2, 0) is 0 Å². The summed E-state index contributed by atoms with van der Waals surface area (Å²) in [5.74, 6) is 0. The van der Waals surface area contributed by atoms with E-state index in [4.69, 9.17) is 0 Å². The monoisotopic (exact) mass is 685 g/mol. The lowest BCUT2D eigenvalue weighted by Gasteiger charge is -2.14. The van der Waals surface area contributed by atoms with E-state index in [2.05, 4.69) is 129 Å². The van der Waals surface area contributed by atoms with E-state index in [1.807, 2.05) is 0 Å². The molecule has 30 heavy (non-hydrogen) atoms. The van der Waals surface area contributed by atoms with E-state index < -0.39 is 0 Å². The van der Waals surface area contributed by atoms with Gasteiger partial charge in [-0.05, 0) is 92.9 Å². The van der Waals surface area contributed by atoms with E-state index in [1.165, 1.54) is 42.7 Å². The Hall–Kier alpha value is -0.440. The highest BCUT2D eigenvalue weighted by atomic mass is 79.9. The van der Waals surface area contributed by atoms with Gasteiger partial charge in [-0.2, -0.15) is 0 Å². The van der Waals surface area contributed by atoms with Gasteiger partial charge in [0, 0.05) is 55.6 Å². The van der Waals surface area contributed by atoms with E-state index >= 15 is 0 Å². The molecule has 0 aliphatic rings. The van der Waals surface area contributed by atoms with Gasteiger partial charge < -0.3 is 4.57 Å². The van der Waals surface area contributed by atoms with Crippen molar-refractivity contribution in [1.82, 2.24) is 4.57 Å². The van der Waals surface area contributed by atoms with Crippen LogP contribution in [0.25, 0.3) is 42.7 Å². The molecule has 152 valence electrons. The summed E-state index contributed by atoms with van der Waals surface area (Å²) in [5.41, 5.74) is 4.95. The van der Waals surface area contributed by atoms with Gasteiger partial charge in [-0.25, -0.2) is 0 Å². The van der Waals surface area contributed by atoms with Crippen LogP contribution in [0.2, 0.25) is 0 Å². The molecule has 0 saturated heterocycles. The summed E-state index contributed by atoms with van der Waals surface area (Å²) in [6.45, 7) is 4.51. The van der Waals surface area contributed by atoms with E-state index in [1.54, 1.807) is 22.7 Å². The van der Waals surface area contributed by atoms with E-state index in [-0.39, 0.29) is 0 Å². The Bertz CT molecular complexity index is 1320. The van der Waals surface area contributed by atoms with Crippen molar-refractivity contribution in [2.24, 2.45) is 0 Å². The Morgan fingerprint density at radius 2 is 1.10 bits per heavy atom. The Kier molecular flexibility index (Phi) is 5.82. The number of hydrogen-bond acceptors (Lipinski definition) is 2. The van der Waals surface area contributed by atoms with Crippen LogP contribution in [0.4, 0.5) is 0 Å². The molecule has 3 heterocycles. The number of aromatic nitrogens is 1. The SMILES string of the molecule is CC(C)n1c2cc(-c3sccc3Br)c(Br)cc2c2cc(Br)c(-c3sccc3Br)cc21. The number of fused-ring (bicyclic) bond motifs is 3. The fourth-order valence-corrected chi connectivity index (χ4v) is 8.54. The van der Waals surface area contributed by atoms with Gasteiger partial charge in [0.25, 0.3) is 0 Å². The predicted octanol–water partition coefficient (Wildman–Crippen LogP) is 10.9. The second-order valence-electron chi connectivity index (χ2n) is 7.36. The summed E-state index contributed by atoms with van der Waals surface area (Å²) in [5, 5.41) is 6.77. The first-order chi connectivity index (χ1) is 14.4. The Labute approximate surface area is 216 Å². The number of rotatable bonds is 3. The van der Waals surface area contributed by atoms with Crippen LogP contribution < -0.4 is 0 Å². The first-order valence-electron chi connectivity index (χ1n) is 9.30. The van der Waals surface area contributed by atoms with Gasteiger partial charge in [0.05, 0.1) is 11.0 Å². The summed E-state index contributed by atoms with van der Waals surface area (Å²) in [6.07, 6.45) is 0. The largest absolute Gasteiger partial charge is 0.338 e. The maximum absolute atomic E-state index is 3.84. The number of thiophene rings is 2. The molecule has 1 nitrogen and oxygen atoms in total. The third-order valence-corrected chi connectivity index (χ3v) is 10.3. The second kappa shape index (κ2) is 8.16. The quantitative estimate of drug-likeness (QED) is 0.178. The van der Waals surface area contributed by atoms with Gasteiger partial charge >= 0.3 is 0 Å². The minimum Gasteiger partial charge on any atom is -0.338 e. The molecule has 2 aromatic carbocycles. The van der Waals surface area contributed by atoms with Crippen LogP contribution in [-0.4, -0.2) is 4.57 Å². The molecule has 0 spiro atoms. The summed E-state index contributed by atoms with van der Waals surface area (Å²) < 4.78 is 6.95. The van der Waals surface area contributed by atoms with E-state index in [9.17, 15) is 0 Å². The van der Waals surface area contributed by atoms with Gasteiger partial charge in [-0.15, -0.1) is 22.7 Å². The zero-order chi connectivity index (χ0) is 21.2. The van der Waals surface area contributed by atoms with E-state index in [0.29, 0.717) is 6.04 Å². The minimum absolute atomic E-state index is 0.339. The average molecular weight is 689 g/mol. The Morgan fingerprint density at radius 3 is 1.43 bits per heavy atom. The predicted molar refractivity (Wildman–Crippen MR) is 147 cm³/mol. The van der Waals surface area contributed by atoms with Crippen molar-refractivity contribution in [3.05, 3.63) is 65.0 Å². The summed E-state index contributed by atoms with van der Waals surface area (Å²) in [4.78, 5) is 2.49. The van der Waals surface area contributed by atoms with Crippen molar-refractivity contribution in [1.29, 1.82) is 0 Å². The maximum Gasteiger partial charge on any atom is 0.0501 e. The molecule has 0 unspecified atom stereocenters. The lowest BCUT2D eigenvalue weighted by Crippen LogP contribution is -2.00. The topological polar surface area (TPSA) is 4.93 Å². The molecular formula is C23H15Br4NS2. The molecule has 0 aliphatic carbocycles. The zero-order valence-electron chi connectivity index (χ0n) is 16.0. The molecule has 0 amide bonds. The molecule has 0 atom stereocenters. The molecule has 5 rings (SSSR count). The number of halogens is 4. The molecule has 0 N–H and O–H groups in total. The molecule has 0 bridgehead atoms. The molecule has 0 fully saturated rings. The van der Waals surface area contributed by atoms with E-state index in [0.717, 1.165) is 17.9 Å². The molecule has 3 aromatic heterocycles. The summed E-state index contributed by atoms with van der Waals surface area (Å²) in [7, 11) is 0. The van der Waals surface area contributed by atoms with Gasteiger partial charge in [0.2, 0.25) is 0 Å². The normalized spacial score (nSPS) is 12.0. The Morgan fingerprint density at radius 1 is 0.667 bits per heavy atom. The average Bonchev–Trinajstić information content (AvgIpc) is 3.38. The lowest BCUT2D eigenvalue weighted by atomic mass is 10.1. The Balaban J connectivity index is 1.88. The minimum atomic E-state index is 0.339. The number of nitrogens with zero attached hydrogens (tertiary/aromatic N) is 1. The van der Waals surface area contributed by atoms with Crippen LogP contribution in [0.15, 0.2) is 65.0 Å². The fourth-order valence-electron chi connectivity index (χ4n) is 3.96. The highest BCUT2D eigenvalue weighted by molar-refractivity contribution is 9.11. The first kappa shape index (κ1) is 21.4. The van der Waals surface area contributed by atoms with Crippen molar-refractivity contribution in [2.75, 3.05) is 0 Å². The lowest BCUT2D eigenvalue weighted by molar-refractivity contribution is 0.642. The summed E-state index contributed by atoms with van der Waals surface area (Å²) >= 11 is 18.6. The molecule has 7 heteroatoms. The molecule has 0 saturated carbocycles. The van der Waals surface area contributed by atoms with Crippen LogP contribution in [0.3, 0.4) is 0 Å². The van der Waals surface area contributed by atoms with Crippen molar-refractivity contribution in [3.8, 4) is 20.9 Å². The van der Waals surface area contributed by atoms with Gasteiger partial charge in [0.1, 0.15) is 0 Å². The maximum atomic E-state index is 3.84. The third kappa shape index (κ3) is 3.41. The fraction of sp³-hybridized carbons (Fsp3) is 0.130. The van der Waals surface area contributed by atoms with Crippen LogP contribution >= 0.6 is 86.4 Å². The molecular weight excluding hydrogens is 674 g/mol. The first-order valence-corrected chi connectivity index (χ1v) is 14.2. The number of benzene rings is 2. The van der Waals surface area contributed by atoms with Crippen LogP contribution in [0, 0.1) is 0 Å². The highest BCUT2D eigenvalue weighted by Gasteiger charge is 2.20. The van der Waals surface area contributed by atoms with Gasteiger partial charge in [-0.1, -0.05) is 31.9 Å². The van der Waals surface area contributed by atoms with Crippen molar-refractivity contribution in [3.63, 3.8) is 0 Å². The molecule has 0 aliphatic heterocycles.